The van der Waals surface area contributed by atoms with Crippen molar-refractivity contribution < 1.29 is 67.3 Å². The second-order valence-electron chi connectivity index (χ2n) is 23.6. The van der Waals surface area contributed by atoms with Gasteiger partial charge in [0.15, 0.2) is 0 Å². The molecule has 23 heteroatoms. The van der Waals surface area contributed by atoms with E-state index in [2.05, 4.69) is 31.9 Å². The predicted molar refractivity (Wildman–Crippen MR) is 309 cm³/mol. The minimum absolute atomic E-state index is 0.00244. The molecule has 7 N–H and O–H groups in total. The molecule has 1 fully saturated rings. The molecule has 0 saturated carbocycles. The summed E-state index contributed by atoms with van der Waals surface area (Å²) in [6.07, 6.45) is -0.107. The van der Waals surface area contributed by atoms with Crippen molar-refractivity contribution in [2.45, 2.75) is 188 Å². The molecule has 0 aromatic heterocycles. The fraction of sp³-hybridized carbons (Fsp3) is 0.729. The number of carbonyl (C=O) groups excluding carboxylic acids is 9. The molecular weight excluding hydrogens is 1060 g/mol. The second kappa shape index (κ2) is 35.1. The number of nitrogens with zero attached hydrogens (tertiary/aromatic N) is 3. The molecule has 11 atom stereocenters. The van der Waals surface area contributed by atoms with E-state index >= 15 is 0 Å². The summed E-state index contributed by atoms with van der Waals surface area (Å²) < 4.78 is 17.4. The summed E-state index contributed by atoms with van der Waals surface area (Å²) >= 11 is 0. The third kappa shape index (κ3) is 22.9. The van der Waals surface area contributed by atoms with Crippen molar-refractivity contribution in [1.82, 2.24) is 46.6 Å². The van der Waals surface area contributed by atoms with Crippen LogP contribution in [0.5, 0.6) is 0 Å². The molecule has 1 heterocycles. The quantitative estimate of drug-likeness (QED) is 0.0380. The van der Waals surface area contributed by atoms with Gasteiger partial charge in [-0.05, 0) is 70.0 Å². The first-order chi connectivity index (χ1) is 38.4. The van der Waals surface area contributed by atoms with E-state index in [9.17, 15) is 53.1 Å². The molecule has 1 aliphatic heterocycles. The highest BCUT2D eigenvalue weighted by Gasteiger charge is 2.44. The first-order valence-electron chi connectivity index (χ1n) is 28.9. The van der Waals surface area contributed by atoms with E-state index in [1.165, 1.54) is 21.1 Å². The number of ether oxygens (including phenoxy) is 3. The van der Waals surface area contributed by atoms with Gasteiger partial charge < -0.3 is 61.0 Å². The van der Waals surface area contributed by atoms with Crippen LogP contribution in [0.3, 0.4) is 0 Å². The lowest BCUT2D eigenvalue weighted by Crippen LogP contribution is -2.59. The largest absolute Gasteiger partial charge is 0.480 e. The van der Waals surface area contributed by atoms with Crippen LogP contribution in [0.15, 0.2) is 30.3 Å². The Kier molecular flexibility index (Phi) is 30.7. The molecule has 464 valence electrons. The van der Waals surface area contributed by atoms with Gasteiger partial charge in [-0.2, -0.15) is 0 Å². The smallest absolute Gasteiger partial charge is 0.328 e. The van der Waals surface area contributed by atoms with Gasteiger partial charge in [-0.3, -0.25) is 43.3 Å². The van der Waals surface area contributed by atoms with Gasteiger partial charge in [-0.1, -0.05) is 106 Å². The number of carboxylic acids is 1. The van der Waals surface area contributed by atoms with Gasteiger partial charge in [0.25, 0.3) is 0 Å². The zero-order valence-electron chi connectivity index (χ0n) is 51.7. The van der Waals surface area contributed by atoms with Crippen LogP contribution in [0, 0.1) is 29.1 Å². The van der Waals surface area contributed by atoms with Crippen molar-refractivity contribution in [2.75, 3.05) is 61.6 Å². The molecule has 0 radical (unpaired) electrons. The monoisotopic (exact) mass is 1160 g/mol. The molecular formula is C59H99N9O14. The summed E-state index contributed by atoms with van der Waals surface area (Å²) in [7, 11) is 8.36. The second-order valence-corrected chi connectivity index (χ2v) is 23.6. The third-order valence-electron chi connectivity index (χ3n) is 15.1. The Hall–Kier alpha value is -6.20. The minimum atomic E-state index is -1.38. The molecule has 23 nitrogen and oxygen atoms in total. The van der Waals surface area contributed by atoms with Crippen LogP contribution in [0.4, 0.5) is 0 Å². The standard InChI is InChI=1S/C59H99N9O14/c1-17-37(6)50(67(14)55(75)48(35(2)3)65-54(74)49(36(4)5)66(12)13)44(80-15)34-47(71)68-31-21-25-43(68)51(81-16)38(7)52(72)64-42(33-40-23-19-18-20-24-40)53(73)60-29-22-32-82-57(78)39(8)62-45(69)27-26-41(56(76)77)63-46(70)28-30-61-58(79)59(9,10)11/h18-20,23-24,35-39,41-44,48-51H,17,21-22,25-34H2,1-16H3,(H,60,73)(H,61,79)(H,62,69)(H,63,70)(H,64,72)(H,65,74)(H,76,77)/t37-,38+,39-,41-,42-,43-,44+,48-,49-,50-,51+/m0/s1. The van der Waals surface area contributed by atoms with Gasteiger partial charge in [0.2, 0.25) is 47.3 Å². The number of hydrogen-bond acceptors (Lipinski definition) is 14. The van der Waals surface area contributed by atoms with E-state index < -0.39 is 101 Å². The predicted octanol–water partition coefficient (Wildman–Crippen LogP) is 2.82. The number of carboxylic acid groups (broad SMARTS) is 1. The third-order valence-corrected chi connectivity index (χ3v) is 15.1. The molecule has 0 bridgehead atoms. The summed E-state index contributed by atoms with van der Waals surface area (Å²) in [5, 5.41) is 25.8. The highest BCUT2D eigenvalue weighted by Crippen LogP contribution is 2.30. The molecule has 1 aromatic carbocycles. The Balaban J connectivity index is 2.09. The van der Waals surface area contributed by atoms with Gasteiger partial charge in [0, 0.05) is 65.6 Å². The summed E-state index contributed by atoms with van der Waals surface area (Å²) in [6, 6.07) is 3.31. The Bertz CT molecular complexity index is 2250. The molecule has 8 amide bonds. The summed E-state index contributed by atoms with van der Waals surface area (Å²) in [4.78, 5) is 137. The Morgan fingerprint density at radius 2 is 1.39 bits per heavy atom. The van der Waals surface area contributed by atoms with Crippen molar-refractivity contribution in [3.8, 4) is 0 Å². The highest BCUT2D eigenvalue weighted by atomic mass is 16.5. The Labute approximate surface area is 486 Å². The number of likely N-dealkylation sites (tertiary alicyclic amines) is 1. The number of benzene rings is 1. The van der Waals surface area contributed by atoms with E-state index in [1.807, 2.05) is 90.9 Å². The molecule has 2 rings (SSSR count). The van der Waals surface area contributed by atoms with E-state index in [4.69, 9.17) is 14.2 Å². The molecule has 1 aromatic rings. The molecule has 0 aliphatic carbocycles. The highest BCUT2D eigenvalue weighted by molar-refractivity contribution is 5.91. The van der Waals surface area contributed by atoms with Gasteiger partial charge in [-0.15, -0.1) is 0 Å². The van der Waals surface area contributed by atoms with Gasteiger partial charge in [-0.25, -0.2) is 9.59 Å². The number of methoxy groups -OCH3 is 2. The van der Waals surface area contributed by atoms with Crippen LogP contribution in [0.25, 0.3) is 0 Å². The fourth-order valence-electron chi connectivity index (χ4n) is 10.2. The maximum atomic E-state index is 14.5. The van der Waals surface area contributed by atoms with Crippen molar-refractivity contribution in [2.24, 2.45) is 29.1 Å². The SMILES string of the molecule is CC[C@H](C)[C@@H]([C@@H](CC(=O)N1CCC[C@H]1[C@H](OC)[C@@H](C)C(=O)N[C@@H](Cc1ccccc1)C(=O)NCCCOC(=O)[C@H](C)NC(=O)CC[C@H](NC(=O)CCNC(=O)C(C)(C)C)C(=O)O)OC)N(C)C(=O)[C@@H](NC(=O)[C@H](C(C)C)N(C)C)C(C)C. The normalized spacial score (nSPS) is 17.2. The number of carbonyl (C=O) groups is 10. The fourth-order valence-corrected chi connectivity index (χ4v) is 10.2. The summed E-state index contributed by atoms with van der Waals surface area (Å²) in [5.74, 6) is -6.57. The lowest BCUT2D eigenvalue weighted by Gasteiger charge is -2.41. The maximum absolute atomic E-state index is 14.5. The molecule has 0 spiro atoms. The molecule has 1 aliphatic rings. The number of amides is 8. The zero-order chi connectivity index (χ0) is 62.2. The van der Waals surface area contributed by atoms with E-state index in [0.717, 1.165) is 5.56 Å². The van der Waals surface area contributed by atoms with Gasteiger partial charge in [0.05, 0.1) is 49.3 Å². The minimum Gasteiger partial charge on any atom is -0.480 e. The topological polar surface area (TPSA) is 301 Å². The van der Waals surface area contributed by atoms with Crippen LogP contribution in [0.2, 0.25) is 0 Å². The summed E-state index contributed by atoms with van der Waals surface area (Å²) in [5.41, 5.74) is 0.116. The van der Waals surface area contributed by atoms with Gasteiger partial charge >= 0.3 is 11.9 Å². The molecule has 0 unspecified atom stereocenters. The maximum Gasteiger partial charge on any atom is 0.328 e. The lowest BCUT2D eigenvalue weighted by molar-refractivity contribution is -0.148. The first-order valence-corrected chi connectivity index (χ1v) is 28.9. The molecule has 1 saturated heterocycles. The van der Waals surface area contributed by atoms with Crippen LogP contribution in [-0.4, -0.2) is 195 Å². The average Bonchev–Trinajstić information content (AvgIpc) is 4.09. The van der Waals surface area contributed by atoms with Crippen LogP contribution >= 0.6 is 0 Å². The average molecular weight is 1160 g/mol. The molecule has 82 heavy (non-hydrogen) atoms. The number of esters is 1. The number of aliphatic carboxylic acids is 1. The van der Waals surface area contributed by atoms with Gasteiger partial charge in [0.1, 0.15) is 24.2 Å². The number of rotatable bonds is 35. The van der Waals surface area contributed by atoms with Crippen LogP contribution < -0.4 is 31.9 Å². The summed E-state index contributed by atoms with van der Waals surface area (Å²) in [6.45, 7) is 20.3. The van der Waals surface area contributed by atoms with Crippen LogP contribution in [0.1, 0.15) is 133 Å². The van der Waals surface area contributed by atoms with E-state index in [0.29, 0.717) is 25.8 Å². The Morgan fingerprint density at radius 3 is 1.94 bits per heavy atom. The van der Waals surface area contributed by atoms with E-state index in [-0.39, 0.29) is 99.6 Å². The van der Waals surface area contributed by atoms with Crippen molar-refractivity contribution >= 4 is 59.2 Å². The van der Waals surface area contributed by atoms with E-state index in [1.54, 1.807) is 44.5 Å². The number of hydrogen-bond donors (Lipinski definition) is 7. The Morgan fingerprint density at radius 1 is 0.756 bits per heavy atom. The number of nitrogens with one attached hydrogen (secondary N) is 6. The van der Waals surface area contributed by atoms with Crippen molar-refractivity contribution in [1.29, 1.82) is 0 Å². The van der Waals surface area contributed by atoms with Crippen molar-refractivity contribution in [3.05, 3.63) is 35.9 Å². The lowest BCUT2D eigenvalue weighted by atomic mass is 9.89. The zero-order valence-corrected chi connectivity index (χ0v) is 51.7. The number of likely N-dealkylation sites (N-methyl/N-ethyl adjacent to an activating group) is 2. The van der Waals surface area contributed by atoms with Crippen molar-refractivity contribution in [3.63, 3.8) is 0 Å². The first kappa shape index (κ1) is 71.9. The van der Waals surface area contributed by atoms with Crippen LogP contribution in [-0.2, 0) is 68.6 Å².